The van der Waals surface area contributed by atoms with Crippen molar-refractivity contribution in [3.05, 3.63) is 52.6 Å². The maximum Gasteiger partial charge on any atom is 0.247 e. The standard InChI is InChI=1S/C23H24ClNO5/c1-27-21-13-15(12-17(24)23(21)28-2)5-8-22(26)25-9-3-4-18(25)16-6-7-19-20(14-16)30-11-10-29-19/h5-8,12-14,18H,3-4,9-11H2,1-2H3/b8-5+. The summed E-state index contributed by atoms with van der Waals surface area (Å²) in [6.07, 6.45) is 5.20. The number of methoxy groups -OCH3 is 2. The van der Waals surface area contributed by atoms with Crippen molar-refractivity contribution in [1.82, 2.24) is 4.90 Å². The van der Waals surface area contributed by atoms with E-state index in [0.717, 1.165) is 42.0 Å². The van der Waals surface area contributed by atoms with Crippen LogP contribution in [0.5, 0.6) is 23.0 Å². The van der Waals surface area contributed by atoms with Crippen LogP contribution in [0.2, 0.25) is 5.02 Å². The van der Waals surface area contributed by atoms with Crippen molar-refractivity contribution in [3.8, 4) is 23.0 Å². The topological polar surface area (TPSA) is 57.2 Å². The first-order chi connectivity index (χ1) is 14.6. The average Bonchev–Trinajstić information content (AvgIpc) is 3.26. The number of rotatable bonds is 5. The zero-order valence-corrected chi connectivity index (χ0v) is 17.8. The van der Waals surface area contributed by atoms with Crippen LogP contribution in [-0.4, -0.2) is 44.8 Å². The van der Waals surface area contributed by atoms with E-state index in [1.807, 2.05) is 23.1 Å². The Labute approximate surface area is 180 Å². The largest absolute Gasteiger partial charge is 0.493 e. The summed E-state index contributed by atoms with van der Waals surface area (Å²) in [5.41, 5.74) is 1.83. The predicted octanol–water partition coefficient (Wildman–Crippen LogP) is 4.51. The zero-order valence-electron chi connectivity index (χ0n) is 17.0. The number of carbonyl (C=O) groups is 1. The lowest BCUT2D eigenvalue weighted by atomic mass is 10.0. The molecular weight excluding hydrogens is 406 g/mol. The summed E-state index contributed by atoms with van der Waals surface area (Å²) < 4.78 is 21.9. The highest BCUT2D eigenvalue weighted by atomic mass is 35.5. The molecule has 2 aromatic rings. The van der Waals surface area contributed by atoms with Crippen molar-refractivity contribution in [3.63, 3.8) is 0 Å². The van der Waals surface area contributed by atoms with Gasteiger partial charge in [-0.15, -0.1) is 0 Å². The lowest BCUT2D eigenvalue weighted by molar-refractivity contribution is -0.126. The summed E-state index contributed by atoms with van der Waals surface area (Å²) in [6.45, 7) is 1.82. The molecule has 0 saturated carbocycles. The summed E-state index contributed by atoms with van der Waals surface area (Å²) in [5, 5.41) is 0.430. The Morgan fingerprint density at radius 1 is 1.13 bits per heavy atom. The van der Waals surface area contributed by atoms with E-state index >= 15 is 0 Å². The molecule has 0 aliphatic carbocycles. The lowest BCUT2D eigenvalue weighted by Gasteiger charge is -2.26. The first-order valence-electron chi connectivity index (χ1n) is 9.90. The van der Waals surface area contributed by atoms with Crippen LogP contribution in [-0.2, 0) is 4.79 Å². The van der Waals surface area contributed by atoms with Gasteiger partial charge in [-0.25, -0.2) is 0 Å². The van der Waals surface area contributed by atoms with Crippen LogP contribution in [0.3, 0.4) is 0 Å². The number of hydrogen-bond donors (Lipinski definition) is 0. The van der Waals surface area contributed by atoms with Crippen LogP contribution in [0.4, 0.5) is 0 Å². The van der Waals surface area contributed by atoms with Crippen molar-refractivity contribution < 1.29 is 23.7 Å². The van der Waals surface area contributed by atoms with Crippen molar-refractivity contribution in [2.75, 3.05) is 34.0 Å². The monoisotopic (exact) mass is 429 g/mol. The second-order valence-electron chi connectivity index (χ2n) is 7.16. The molecule has 1 unspecified atom stereocenters. The van der Waals surface area contributed by atoms with Crippen LogP contribution < -0.4 is 18.9 Å². The molecule has 0 radical (unpaired) electrons. The minimum atomic E-state index is -0.0432. The molecule has 1 amide bonds. The SMILES string of the molecule is COc1cc(/C=C/C(=O)N2CCCC2c2ccc3c(c2)OCCO3)cc(Cl)c1OC. The van der Waals surface area contributed by atoms with Gasteiger partial charge in [0.25, 0.3) is 0 Å². The Balaban J connectivity index is 1.52. The van der Waals surface area contributed by atoms with Gasteiger partial charge in [0.15, 0.2) is 23.0 Å². The zero-order chi connectivity index (χ0) is 21.1. The number of benzene rings is 2. The van der Waals surface area contributed by atoms with Crippen LogP contribution in [0, 0.1) is 0 Å². The number of ether oxygens (including phenoxy) is 4. The first kappa shape index (κ1) is 20.4. The highest BCUT2D eigenvalue weighted by Crippen LogP contribution is 2.39. The maximum atomic E-state index is 12.9. The molecule has 6 nitrogen and oxygen atoms in total. The fourth-order valence-corrected chi connectivity index (χ4v) is 4.24. The fraction of sp³-hybridized carbons (Fsp3) is 0.348. The van der Waals surface area contributed by atoms with E-state index < -0.39 is 0 Å². The summed E-state index contributed by atoms with van der Waals surface area (Å²) in [6, 6.07) is 9.48. The molecular formula is C23H24ClNO5. The van der Waals surface area contributed by atoms with Crippen molar-refractivity contribution in [2.45, 2.75) is 18.9 Å². The molecule has 7 heteroatoms. The number of hydrogen-bond acceptors (Lipinski definition) is 5. The van der Waals surface area contributed by atoms with Gasteiger partial charge in [0.05, 0.1) is 25.3 Å². The second-order valence-corrected chi connectivity index (χ2v) is 7.57. The van der Waals surface area contributed by atoms with Crippen LogP contribution in [0.1, 0.15) is 30.0 Å². The van der Waals surface area contributed by atoms with E-state index in [9.17, 15) is 4.79 Å². The van der Waals surface area contributed by atoms with Crippen molar-refractivity contribution in [1.29, 1.82) is 0 Å². The van der Waals surface area contributed by atoms with E-state index in [-0.39, 0.29) is 11.9 Å². The third kappa shape index (κ3) is 4.05. The average molecular weight is 430 g/mol. The van der Waals surface area contributed by atoms with Gasteiger partial charge >= 0.3 is 0 Å². The Hall–Kier alpha value is -2.86. The molecule has 1 atom stereocenters. The number of likely N-dealkylation sites (tertiary alicyclic amines) is 1. The molecule has 0 bridgehead atoms. The number of nitrogens with zero attached hydrogens (tertiary/aromatic N) is 1. The van der Waals surface area contributed by atoms with Gasteiger partial charge in [-0.1, -0.05) is 17.7 Å². The number of fused-ring (bicyclic) bond motifs is 1. The number of carbonyl (C=O) groups excluding carboxylic acids is 1. The molecule has 0 spiro atoms. The van der Waals surface area contributed by atoms with Gasteiger partial charge in [0, 0.05) is 12.6 Å². The molecule has 2 aromatic carbocycles. The lowest BCUT2D eigenvalue weighted by Crippen LogP contribution is -2.29. The van der Waals surface area contributed by atoms with Crippen LogP contribution >= 0.6 is 11.6 Å². The number of halogens is 1. The minimum absolute atomic E-state index is 0.0203. The second kappa shape index (κ2) is 8.88. The van der Waals surface area contributed by atoms with Gasteiger partial charge < -0.3 is 23.8 Å². The Morgan fingerprint density at radius 2 is 1.93 bits per heavy atom. The third-order valence-corrected chi connectivity index (χ3v) is 5.64. The van der Waals surface area contributed by atoms with Gasteiger partial charge in [-0.3, -0.25) is 4.79 Å². The Bertz CT molecular complexity index is 974. The minimum Gasteiger partial charge on any atom is -0.493 e. The van der Waals surface area contributed by atoms with Crippen molar-refractivity contribution >= 4 is 23.6 Å². The summed E-state index contributed by atoms with van der Waals surface area (Å²) in [7, 11) is 3.09. The Morgan fingerprint density at radius 3 is 2.70 bits per heavy atom. The van der Waals surface area contributed by atoms with Gasteiger partial charge in [0.1, 0.15) is 13.2 Å². The van der Waals surface area contributed by atoms with E-state index in [4.69, 9.17) is 30.5 Å². The normalized spacial score (nSPS) is 18.0. The van der Waals surface area contributed by atoms with Gasteiger partial charge in [0.2, 0.25) is 5.91 Å². The predicted molar refractivity (Wildman–Crippen MR) is 115 cm³/mol. The molecule has 1 fully saturated rings. The van der Waals surface area contributed by atoms with Gasteiger partial charge in [-0.2, -0.15) is 0 Å². The fourth-order valence-electron chi connectivity index (χ4n) is 3.94. The third-order valence-electron chi connectivity index (χ3n) is 5.36. The van der Waals surface area contributed by atoms with E-state index in [2.05, 4.69) is 0 Å². The first-order valence-corrected chi connectivity index (χ1v) is 10.3. The number of amides is 1. The van der Waals surface area contributed by atoms with E-state index in [1.165, 1.54) is 7.11 Å². The highest BCUT2D eigenvalue weighted by molar-refractivity contribution is 6.32. The summed E-state index contributed by atoms with van der Waals surface area (Å²) in [5.74, 6) is 2.45. The molecule has 0 aromatic heterocycles. The molecule has 2 heterocycles. The van der Waals surface area contributed by atoms with Crippen molar-refractivity contribution in [2.24, 2.45) is 0 Å². The molecule has 2 aliphatic heterocycles. The molecule has 30 heavy (non-hydrogen) atoms. The quantitative estimate of drug-likeness (QED) is 0.655. The molecule has 0 N–H and O–H groups in total. The Kier molecular flexibility index (Phi) is 6.04. The summed E-state index contributed by atoms with van der Waals surface area (Å²) >= 11 is 6.26. The van der Waals surface area contributed by atoms with E-state index in [1.54, 1.807) is 31.4 Å². The van der Waals surface area contributed by atoms with Gasteiger partial charge in [-0.05, 0) is 54.3 Å². The summed E-state index contributed by atoms with van der Waals surface area (Å²) in [4.78, 5) is 14.8. The molecule has 4 rings (SSSR count). The molecule has 1 saturated heterocycles. The maximum absolute atomic E-state index is 12.9. The van der Waals surface area contributed by atoms with Crippen LogP contribution in [0.25, 0.3) is 6.08 Å². The smallest absolute Gasteiger partial charge is 0.247 e. The highest BCUT2D eigenvalue weighted by Gasteiger charge is 2.29. The molecule has 158 valence electrons. The molecule has 2 aliphatic rings. The van der Waals surface area contributed by atoms with E-state index in [0.29, 0.717) is 29.7 Å². The van der Waals surface area contributed by atoms with Crippen LogP contribution in [0.15, 0.2) is 36.4 Å².